The van der Waals surface area contributed by atoms with E-state index in [0.717, 1.165) is 22.0 Å². The van der Waals surface area contributed by atoms with E-state index in [1.54, 1.807) is 13.1 Å². The number of esters is 1. The van der Waals surface area contributed by atoms with Crippen LogP contribution in [-0.4, -0.2) is 32.6 Å². The Labute approximate surface area is 171 Å². The summed E-state index contributed by atoms with van der Waals surface area (Å²) in [6, 6.07) is 5.63. The SMILES string of the molecule is Cc1nc(CCc2c(-c3ccccn3)noc2C)sc1C(=O)OC1(C(N)=O)CC1. The number of aryl methyl sites for hydroxylation is 3. The number of carbonyl (C=O) groups is 2. The van der Waals surface area contributed by atoms with Crippen molar-refractivity contribution in [3.8, 4) is 11.4 Å². The van der Waals surface area contributed by atoms with Crippen molar-refractivity contribution in [3.63, 3.8) is 0 Å². The first-order valence-corrected chi connectivity index (χ1v) is 10.1. The second-order valence-electron chi connectivity index (χ2n) is 7.05. The highest BCUT2D eigenvalue weighted by molar-refractivity contribution is 7.13. The summed E-state index contributed by atoms with van der Waals surface area (Å²) in [5, 5.41) is 4.94. The molecule has 0 radical (unpaired) electrons. The number of thiazole rings is 1. The Hall–Kier alpha value is -3.07. The summed E-state index contributed by atoms with van der Waals surface area (Å²) in [5.41, 5.74) is 7.21. The zero-order valence-electron chi connectivity index (χ0n) is 16.1. The number of pyridine rings is 1. The third kappa shape index (κ3) is 3.77. The Balaban J connectivity index is 1.48. The van der Waals surface area contributed by atoms with Crippen molar-refractivity contribution in [3.05, 3.63) is 51.3 Å². The molecule has 9 heteroatoms. The molecule has 4 rings (SSSR count). The molecule has 0 aliphatic heterocycles. The smallest absolute Gasteiger partial charge is 0.351 e. The number of amides is 1. The van der Waals surface area contributed by atoms with Gasteiger partial charge in [0.2, 0.25) is 0 Å². The fraction of sp³-hybridized carbons (Fsp3) is 0.350. The van der Waals surface area contributed by atoms with Crippen LogP contribution in [0.1, 0.15) is 44.5 Å². The Morgan fingerprint density at radius 2 is 2.07 bits per heavy atom. The van der Waals surface area contributed by atoms with Crippen molar-refractivity contribution < 1.29 is 18.8 Å². The van der Waals surface area contributed by atoms with Gasteiger partial charge in [-0.05, 0) is 32.4 Å². The van der Waals surface area contributed by atoms with Crippen molar-refractivity contribution >= 4 is 23.2 Å². The molecule has 3 aromatic heterocycles. The molecule has 1 fully saturated rings. The molecule has 0 aromatic carbocycles. The van der Waals surface area contributed by atoms with Crippen molar-refractivity contribution in [1.82, 2.24) is 15.1 Å². The van der Waals surface area contributed by atoms with Crippen LogP contribution < -0.4 is 5.73 Å². The predicted molar refractivity (Wildman–Crippen MR) is 105 cm³/mol. The van der Waals surface area contributed by atoms with Crippen molar-refractivity contribution in [2.45, 2.75) is 45.1 Å². The second kappa shape index (κ2) is 7.40. The number of carbonyl (C=O) groups excluding carboxylic acids is 2. The number of ether oxygens (including phenoxy) is 1. The molecular weight excluding hydrogens is 392 g/mol. The maximum atomic E-state index is 12.5. The maximum Gasteiger partial charge on any atom is 0.351 e. The van der Waals surface area contributed by atoms with Crippen LogP contribution in [0, 0.1) is 13.8 Å². The van der Waals surface area contributed by atoms with Gasteiger partial charge in [-0.1, -0.05) is 11.2 Å². The minimum absolute atomic E-state index is 0.402. The molecule has 0 atom stereocenters. The van der Waals surface area contributed by atoms with E-state index >= 15 is 0 Å². The molecule has 150 valence electrons. The van der Waals surface area contributed by atoms with E-state index in [1.165, 1.54) is 11.3 Å². The summed E-state index contributed by atoms with van der Waals surface area (Å²) < 4.78 is 10.7. The summed E-state index contributed by atoms with van der Waals surface area (Å²) in [6.45, 7) is 3.62. The molecule has 0 bridgehead atoms. The Bertz CT molecular complexity index is 1070. The van der Waals surface area contributed by atoms with Crippen LogP contribution in [0.5, 0.6) is 0 Å². The Morgan fingerprint density at radius 3 is 2.72 bits per heavy atom. The van der Waals surface area contributed by atoms with Crippen LogP contribution in [0.3, 0.4) is 0 Å². The lowest BCUT2D eigenvalue weighted by Crippen LogP contribution is -2.35. The van der Waals surface area contributed by atoms with Gasteiger partial charge in [-0.25, -0.2) is 9.78 Å². The van der Waals surface area contributed by atoms with E-state index < -0.39 is 17.5 Å². The maximum absolute atomic E-state index is 12.5. The fourth-order valence-electron chi connectivity index (χ4n) is 3.11. The van der Waals surface area contributed by atoms with Crippen molar-refractivity contribution in [2.24, 2.45) is 5.73 Å². The standard InChI is InChI=1S/C20H20N4O4S/c1-11-17(18(25)27-20(8-9-20)19(21)26)29-15(23-11)7-6-13-12(2)28-24-16(13)14-5-3-4-10-22-14/h3-5,10H,6-9H2,1-2H3,(H2,21,26). The molecule has 2 N–H and O–H groups in total. The average Bonchev–Trinajstić information content (AvgIpc) is 3.25. The number of hydrogen-bond acceptors (Lipinski definition) is 8. The number of nitrogens with zero attached hydrogens (tertiary/aromatic N) is 3. The topological polar surface area (TPSA) is 121 Å². The number of rotatable bonds is 7. The van der Waals surface area contributed by atoms with E-state index in [-0.39, 0.29) is 0 Å². The molecule has 8 nitrogen and oxygen atoms in total. The summed E-state index contributed by atoms with van der Waals surface area (Å²) in [4.78, 5) is 33.2. The third-order valence-corrected chi connectivity index (χ3v) is 6.15. The lowest BCUT2D eigenvalue weighted by atomic mass is 10.1. The molecule has 0 unspecified atom stereocenters. The van der Waals surface area contributed by atoms with E-state index in [1.807, 2.05) is 25.1 Å². The van der Waals surface area contributed by atoms with Crippen molar-refractivity contribution in [1.29, 1.82) is 0 Å². The molecule has 1 aliphatic rings. The van der Waals surface area contributed by atoms with Crippen LogP contribution in [0.4, 0.5) is 0 Å². The summed E-state index contributed by atoms with van der Waals surface area (Å²) in [6.07, 6.45) is 3.92. The van der Waals surface area contributed by atoms with Crippen LogP contribution in [0.25, 0.3) is 11.4 Å². The van der Waals surface area contributed by atoms with E-state index in [4.69, 9.17) is 15.0 Å². The van der Waals surface area contributed by atoms with Gasteiger partial charge >= 0.3 is 5.97 Å². The van der Waals surface area contributed by atoms with Gasteiger partial charge in [-0.2, -0.15) is 0 Å². The number of nitrogens with two attached hydrogens (primary N) is 1. The van der Waals surface area contributed by atoms with Gasteiger partial charge in [0.05, 0.1) is 16.4 Å². The van der Waals surface area contributed by atoms with E-state index in [0.29, 0.717) is 41.9 Å². The van der Waals surface area contributed by atoms with Gasteiger partial charge in [-0.15, -0.1) is 11.3 Å². The van der Waals surface area contributed by atoms with Gasteiger partial charge in [0.1, 0.15) is 16.3 Å². The van der Waals surface area contributed by atoms with Crippen LogP contribution in [0.2, 0.25) is 0 Å². The quantitative estimate of drug-likeness (QED) is 0.592. The molecule has 0 spiro atoms. The minimum Gasteiger partial charge on any atom is -0.445 e. The van der Waals surface area contributed by atoms with Gasteiger partial charge in [0, 0.05) is 31.0 Å². The first-order chi connectivity index (χ1) is 13.9. The van der Waals surface area contributed by atoms with Crippen LogP contribution in [0.15, 0.2) is 28.9 Å². The molecule has 29 heavy (non-hydrogen) atoms. The minimum atomic E-state index is -1.13. The highest BCUT2D eigenvalue weighted by Gasteiger charge is 2.53. The Kier molecular flexibility index (Phi) is 4.91. The van der Waals surface area contributed by atoms with E-state index in [9.17, 15) is 9.59 Å². The normalized spacial score (nSPS) is 14.6. The molecule has 0 saturated heterocycles. The summed E-state index contributed by atoms with van der Waals surface area (Å²) >= 11 is 1.27. The first-order valence-electron chi connectivity index (χ1n) is 9.26. The monoisotopic (exact) mass is 412 g/mol. The van der Waals surface area contributed by atoms with Crippen LogP contribution in [-0.2, 0) is 22.4 Å². The second-order valence-corrected chi connectivity index (χ2v) is 8.13. The number of hydrogen-bond donors (Lipinski definition) is 1. The molecule has 1 aliphatic carbocycles. The van der Waals surface area contributed by atoms with Gasteiger partial charge in [0.15, 0.2) is 5.60 Å². The number of primary amides is 1. The predicted octanol–water partition coefficient (Wildman–Crippen LogP) is 2.77. The lowest BCUT2D eigenvalue weighted by molar-refractivity contribution is -0.128. The average molecular weight is 412 g/mol. The van der Waals surface area contributed by atoms with Crippen LogP contribution >= 0.6 is 11.3 Å². The highest BCUT2D eigenvalue weighted by Crippen LogP contribution is 2.40. The Morgan fingerprint density at radius 1 is 1.28 bits per heavy atom. The third-order valence-electron chi connectivity index (χ3n) is 4.95. The highest BCUT2D eigenvalue weighted by atomic mass is 32.1. The van der Waals surface area contributed by atoms with Gasteiger partial charge in [0.25, 0.3) is 5.91 Å². The molecular formula is C20H20N4O4S. The zero-order valence-corrected chi connectivity index (χ0v) is 16.9. The van der Waals surface area contributed by atoms with E-state index in [2.05, 4.69) is 15.1 Å². The molecule has 3 aromatic rings. The van der Waals surface area contributed by atoms with Gasteiger partial charge < -0.3 is 15.0 Å². The van der Waals surface area contributed by atoms with Gasteiger partial charge in [-0.3, -0.25) is 9.78 Å². The largest absolute Gasteiger partial charge is 0.445 e. The molecule has 1 saturated carbocycles. The first kappa shape index (κ1) is 19.3. The zero-order chi connectivity index (χ0) is 20.6. The molecule has 1 amide bonds. The fourth-order valence-corrected chi connectivity index (χ4v) is 4.05. The summed E-state index contributed by atoms with van der Waals surface area (Å²) in [5.74, 6) is -0.410. The van der Waals surface area contributed by atoms with Crippen molar-refractivity contribution in [2.75, 3.05) is 0 Å². The summed E-state index contributed by atoms with van der Waals surface area (Å²) in [7, 11) is 0. The number of aromatic nitrogens is 3. The lowest BCUT2D eigenvalue weighted by Gasteiger charge is -2.11. The molecule has 3 heterocycles.